The molecule has 3 aromatic rings. The van der Waals surface area contributed by atoms with Crippen LogP contribution in [0.4, 0.5) is 17.6 Å². The van der Waals surface area contributed by atoms with Gasteiger partial charge in [-0.3, -0.25) is 4.57 Å². The molecule has 86 heavy (non-hydrogen) atoms. The number of aliphatic hydroxyl groups is 7. The second-order valence-corrected chi connectivity index (χ2v) is 26.9. The van der Waals surface area contributed by atoms with Crippen molar-refractivity contribution in [2.75, 3.05) is 36.2 Å². The van der Waals surface area contributed by atoms with E-state index in [0.29, 0.717) is 45.8 Å². The number of ether oxygens (including phenoxy) is 8. The van der Waals surface area contributed by atoms with Crippen molar-refractivity contribution in [3.63, 3.8) is 0 Å². The van der Waals surface area contributed by atoms with Crippen LogP contribution >= 0.6 is 35.0 Å². The maximum absolute atomic E-state index is 12.6. The van der Waals surface area contributed by atoms with Gasteiger partial charge in [-0.25, -0.2) is 9.59 Å². The molecule has 28 heteroatoms. The van der Waals surface area contributed by atoms with Gasteiger partial charge in [-0.15, -0.1) is 22.0 Å². The normalized spacial score (nSPS) is 41.9. The summed E-state index contributed by atoms with van der Waals surface area (Å²) in [7, 11) is 0. The molecule has 4 saturated carbocycles. The Hall–Kier alpha value is -3.91. The van der Waals surface area contributed by atoms with Gasteiger partial charge in [0.1, 0.15) is 48.1 Å². The van der Waals surface area contributed by atoms with E-state index in [-0.39, 0.29) is 97.0 Å². The Kier molecular flexibility index (Phi) is 20.0. The maximum Gasteiger partial charge on any atom is 0.351 e. The van der Waals surface area contributed by atoms with Crippen molar-refractivity contribution in [1.29, 1.82) is 0 Å². The number of aliphatic hydroxyl groups excluding tert-OH is 6. The molecule has 0 amide bonds. The van der Waals surface area contributed by atoms with Gasteiger partial charge in [-0.2, -0.15) is 9.97 Å². The molecule has 23 atom stereocenters. The molecule has 4 saturated heterocycles. The van der Waals surface area contributed by atoms with Crippen molar-refractivity contribution >= 4 is 58.5 Å². The molecule has 9 aliphatic rings. The number of nitrogens with two attached hydrogens (primary N) is 3. The van der Waals surface area contributed by atoms with E-state index in [1.54, 1.807) is 50.4 Å². The van der Waals surface area contributed by atoms with Gasteiger partial charge in [-0.1, -0.05) is 49.2 Å². The second kappa shape index (κ2) is 26.5. The minimum absolute atomic E-state index is 0.0133. The zero-order chi connectivity index (χ0) is 61.7. The molecule has 8 fully saturated rings. The molecule has 0 unspecified atom stereocenters. The quantitative estimate of drug-likeness (QED) is 0.102. The van der Waals surface area contributed by atoms with Crippen LogP contribution in [0.3, 0.4) is 0 Å². The Morgan fingerprint density at radius 1 is 0.767 bits per heavy atom. The van der Waals surface area contributed by atoms with Crippen molar-refractivity contribution in [3.05, 3.63) is 62.6 Å². The van der Waals surface area contributed by atoms with Gasteiger partial charge in [0, 0.05) is 48.3 Å². The third kappa shape index (κ3) is 13.0. The number of nitrogen functional groups attached to an aromatic ring is 3. The lowest BCUT2D eigenvalue weighted by Gasteiger charge is -2.65. The summed E-state index contributed by atoms with van der Waals surface area (Å²) >= 11 is 13.4. The molecular weight excluding hydrogens is 1180 g/mol. The number of thioether (sulfide) groups is 1. The lowest BCUT2D eigenvalue weighted by Crippen LogP contribution is -2.67. The van der Waals surface area contributed by atoms with Crippen LogP contribution in [-0.2, 0) is 42.7 Å². The summed E-state index contributed by atoms with van der Waals surface area (Å²) in [5.41, 5.74) is 15.7. The molecule has 0 bridgehead atoms. The highest BCUT2D eigenvalue weighted by Gasteiger charge is 2.71. The average Bonchev–Trinajstić information content (AvgIpc) is 1.39. The van der Waals surface area contributed by atoms with Crippen LogP contribution in [0.15, 0.2) is 46.9 Å². The molecule has 13 N–H and O–H groups in total. The highest BCUT2D eigenvalue weighted by atomic mass is 35.5. The topological polar surface area (TPSA) is 384 Å². The Morgan fingerprint density at radius 2 is 1.43 bits per heavy atom. The number of anilines is 3. The summed E-state index contributed by atoms with van der Waals surface area (Å²) in [6, 6.07) is 6.68. The van der Waals surface area contributed by atoms with Crippen LogP contribution in [0.25, 0.3) is 11.3 Å². The minimum Gasteiger partial charge on any atom is -0.458 e. The standard InChI is InChI=1S/C41H64O14.C9H7Cl2N5.C8H11N3O3S/c1-19-36(47)28(42)15-34(50-19)54-38-21(3)52-35(17-30(38)44)55-37-20(2)51-33(16-29(37)43)53-24-8-10-39(4)23(13-24)6-7-26-27(39)14-31(45)40(5)25(9-11-41(26,40)48)22-12-32(46)49-18-22;10-5-3-1-2-4(6(5)11)7-8(12)14-9(13)16-15-7;9-5-1-2-11(8(13)10-5)6-4-15-7(3-12)14-6/h12,19-21,23-31,33-38,42-45,47-48H,6-11,13-18H2,1-5H3;1-3H,(H4,12,13,14,16);1-2,6-7,12H,3-4H2,(H2,9,10,13)/t19-,20-,21-,23-,24+,25-,26-,27+,28+,29+,30+,31-,33+,34+,35+,36-,37-,38-,39+,40+,41+;;6-,7+/m1.1/s1. The number of rotatable bonds is 10. The molecule has 25 nitrogen and oxygen atoms in total. The number of hydrogen-bond acceptors (Lipinski definition) is 25. The van der Waals surface area contributed by atoms with Gasteiger partial charge >= 0.3 is 11.7 Å². The first-order valence-corrected chi connectivity index (χ1v) is 31.5. The van der Waals surface area contributed by atoms with Crippen molar-refractivity contribution in [1.82, 2.24) is 24.7 Å². The summed E-state index contributed by atoms with van der Waals surface area (Å²) in [6.07, 6.45) is -0.328. The Morgan fingerprint density at radius 3 is 2.03 bits per heavy atom. The van der Waals surface area contributed by atoms with Gasteiger partial charge in [0.15, 0.2) is 24.7 Å². The predicted octanol–water partition coefficient (Wildman–Crippen LogP) is 3.63. The summed E-state index contributed by atoms with van der Waals surface area (Å²) in [5, 5.41) is 84.0. The largest absolute Gasteiger partial charge is 0.458 e. The minimum atomic E-state index is -1.01. The molecule has 0 spiro atoms. The van der Waals surface area contributed by atoms with Gasteiger partial charge < -0.3 is 90.8 Å². The Labute approximate surface area is 512 Å². The van der Waals surface area contributed by atoms with Crippen LogP contribution in [0.2, 0.25) is 10.0 Å². The van der Waals surface area contributed by atoms with Crippen LogP contribution in [0, 0.1) is 34.5 Å². The van der Waals surface area contributed by atoms with Gasteiger partial charge in [0.2, 0.25) is 5.95 Å². The van der Waals surface area contributed by atoms with Crippen molar-refractivity contribution in [2.45, 2.75) is 209 Å². The van der Waals surface area contributed by atoms with Gasteiger partial charge in [-0.05, 0) is 119 Å². The molecule has 1 aromatic carbocycles. The number of fused-ring (bicyclic) bond motifs is 5. The average molecular weight is 1270 g/mol. The fourth-order valence-electron chi connectivity index (χ4n) is 15.3. The molecule has 2 aromatic heterocycles. The molecule has 476 valence electrons. The number of benzene rings is 1. The predicted molar refractivity (Wildman–Crippen MR) is 313 cm³/mol. The lowest BCUT2D eigenvalue weighted by molar-refractivity contribution is -0.336. The zero-order valence-electron chi connectivity index (χ0n) is 48.8. The van der Waals surface area contributed by atoms with E-state index in [9.17, 15) is 40.2 Å². The first-order chi connectivity index (χ1) is 40.8. The number of carbonyl (C=O) groups is 1. The molecule has 7 heterocycles. The third-order valence-electron chi connectivity index (χ3n) is 19.9. The molecule has 4 aliphatic carbocycles. The van der Waals surface area contributed by atoms with E-state index < -0.39 is 96.6 Å². The highest BCUT2D eigenvalue weighted by Crippen LogP contribution is 2.70. The van der Waals surface area contributed by atoms with Crippen molar-refractivity contribution in [2.24, 2.45) is 34.5 Å². The Balaban J connectivity index is 0.000000213. The van der Waals surface area contributed by atoms with E-state index in [1.165, 1.54) is 16.3 Å². The molecule has 5 aliphatic heterocycles. The fraction of sp³-hybridized carbons (Fsp3) is 0.724. The molecule has 12 rings (SSSR count). The summed E-state index contributed by atoms with van der Waals surface area (Å²) in [4.78, 5) is 30.8. The first-order valence-electron chi connectivity index (χ1n) is 29.7. The van der Waals surface area contributed by atoms with E-state index in [4.69, 9.17) is 83.4 Å². The summed E-state index contributed by atoms with van der Waals surface area (Å²) in [5.74, 6) is 1.20. The Bertz CT molecular complexity index is 2950. The number of halogens is 2. The van der Waals surface area contributed by atoms with Gasteiger partial charge in [0.25, 0.3) is 0 Å². The van der Waals surface area contributed by atoms with Crippen LogP contribution in [0.1, 0.15) is 111 Å². The van der Waals surface area contributed by atoms with Crippen LogP contribution in [-0.4, -0.2) is 182 Å². The number of nitrogens with zero attached hydrogens (tertiary/aromatic N) is 5. The maximum atomic E-state index is 12.6. The number of esters is 1. The van der Waals surface area contributed by atoms with Crippen LogP contribution in [0.5, 0.6) is 0 Å². The van der Waals surface area contributed by atoms with E-state index >= 15 is 0 Å². The smallest absolute Gasteiger partial charge is 0.351 e. The number of hydrogen-bond donors (Lipinski definition) is 10. The van der Waals surface area contributed by atoms with Crippen LogP contribution < -0.4 is 22.9 Å². The van der Waals surface area contributed by atoms with Crippen molar-refractivity contribution < 1.29 is 78.4 Å². The second-order valence-electron chi connectivity index (χ2n) is 24.9. The fourth-order valence-corrected chi connectivity index (χ4v) is 16.6. The van der Waals surface area contributed by atoms with E-state index in [2.05, 4.69) is 27.1 Å². The van der Waals surface area contributed by atoms with Crippen molar-refractivity contribution in [3.8, 4) is 11.3 Å². The monoisotopic (exact) mass is 1260 g/mol. The zero-order valence-corrected chi connectivity index (χ0v) is 51.1. The van der Waals surface area contributed by atoms with E-state index in [1.807, 2.05) is 13.8 Å². The van der Waals surface area contributed by atoms with E-state index in [0.717, 1.165) is 44.1 Å². The number of carbonyl (C=O) groups excluding carboxylic acids is 1. The van der Waals surface area contributed by atoms with Gasteiger partial charge in [0.05, 0.1) is 71.1 Å². The highest BCUT2D eigenvalue weighted by molar-refractivity contribution is 8.00. The summed E-state index contributed by atoms with van der Waals surface area (Å²) < 4.78 is 48.9. The first kappa shape index (κ1) is 65.1. The molecular formula is C58H82Cl2N8O17S. The summed E-state index contributed by atoms with van der Waals surface area (Å²) in [6.45, 7) is 9.84. The molecule has 0 radical (unpaired) electrons. The number of cyclic esters (lactones) is 1. The lowest BCUT2D eigenvalue weighted by atomic mass is 9.42. The third-order valence-corrected chi connectivity index (χ3v) is 21.9. The number of aromatic nitrogens is 5. The SMILES string of the molecule is C[C@H]1O[C@@H](O[C@H]2[C@@H](O)C[C@H](O[C@H]3[C@@H](O)C[C@H](O[C@H]4CC[C@@]5(C)[C@H](CC[C@@H]6[C@@H]5C[C@@H](O)[C@]5(C)[C@@H](C7=CC(=O)OC7)CC[C@]65O)C4)O[C@@H]3C)O[C@@H]2C)C[C@H](O)[C@@H]1O.Nc1ccn([C@H]2CS[C@@H](CO)O2)c(=O)n1.Nc1nnc(-c2cccc(Cl)c2Cl)c(N)n1.